The molecule has 1 heterocycles. The van der Waals surface area contributed by atoms with Crippen LogP contribution in [-0.4, -0.2) is 35.9 Å². The lowest BCUT2D eigenvalue weighted by Gasteiger charge is -2.28. The maximum absolute atomic E-state index is 12.3. The van der Waals surface area contributed by atoms with Gasteiger partial charge in [-0.3, -0.25) is 4.79 Å². The molecule has 1 aliphatic heterocycles. The van der Waals surface area contributed by atoms with Gasteiger partial charge in [-0.2, -0.15) is 0 Å². The standard InChI is InChI=1S/C16H22ClNO2/c17-13-14-7-3-2-6-11-18(14)16(19)10-12-20-15-8-4-1-5-9-15/h1,4-5,8-9,14H,2-3,6-7,10-13H2. The highest BCUT2D eigenvalue weighted by atomic mass is 35.5. The second-order valence-electron chi connectivity index (χ2n) is 5.16. The highest BCUT2D eigenvalue weighted by molar-refractivity contribution is 6.18. The van der Waals surface area contributed by atoms with E-state index in [0.717, 1.165) is 25.1 Å². The largest absolute Gasteiger partial charge is 0.493 e. The summed E-state index contributed by atoms with van der Waals surface area (Å²) in [6, 6.07) is 9.80. The Hall–Kier alpha value is -1.22. The van der Waals surface area contributed by atoms with Crippen LogP contribution in [0.3, 0.4) is 0 Å². The van der Waals surface area contributed by atoms with Crippen LogP contribution in [0.5, 0.6) is 5.75 Å². The molecular formula is C16H22ClNO2. The van der Waals surface area contributed by atoms with Crippen molar-refractivity contribution in [1.29, 1.82) is 0 Å². The molecule has 3 nitrogen and oxygen atoms in total. The lowest BCUT2D eigenvalue weighted by Crippen LogP contribution is -2.41. The number of para-hydroxylation sites is 1. The van der Waals surface area contributed by atoms with Crippen molar-refractivity contribution >= 4 is 17.5 Å². The summed E-state index contributed by atoms with van der Waals surface area (Å²) in [5, 5.41) is 0. The summed E-state index contributed by atoms with van der Waals surface area (Å²) in [6.07, 6.45) is 4.88. The molecular weight excluding hydrogens is 274 g/mol. The summed E-state index contributed by atoms with van der Waals surface area (Å²) in [5.74, 6) is 1.50. The number of amides is 1. The van der Waals surface area contributed by atoms with Crippen LogP contribution in [-0.2, 0) is 4.79 Å². The molecule has 110 valence electrons. The molecule has 0 aliphatic carbocycles. The van der Waals surface area contributed by atoms with Crippen LogP contribution >= 0.6 is 11.6 Å². The minimum absolute atomic E-state index is 0.161. The monoisotopic (exact) mass is 295 g/mol. The van der Waals surface area contributed by atoms with Crippen molar-refractivity contribution < 1.29 is 9.53 Å². The predicted molar refractivity (Wildman–Crippen MR) is 81.2 cm³/mol. The summed E-state index contributed by atoms with van der Waals surface area (Å²) in [5.41, 5.74) is 0. The first-order valence-corrected chi connectivity index (χ1v) is 7.88. The molecule has 1 fully saturated rings. The molecule has 0 bridgehead atoms. The van der Waals surface area contributed by atoms with Crippen molar-refractivity contribution in [3.05, 3.63) is 30.3 Å². The molecule has 20 heavy (non-hydrogen) atoms. The highest BCUT2D eigenvalue weighted by Crippen LogP contribution is 2.19. The number of hydrogen-bond donors (Lipinski definition) is 0. The van der Waals surface area contributed by atoms with Crippen LogP contribution in [0.4, 0.5) is 0 Å². The molecule has 1 amide bonds. The molecule has 0 saturated carbocycles. The molecule has 0 N–H and O–H groups in total. The van der Waals surface area contributed by atoms with Gasteiger partial charge in [-0.05, 0) is 25.0 Å². The zero-order valence-electron chi connectivity index (χ0n) is 11.8. The van der Waals surface area contributed by atoms with Gasteiger partial charge in [-0.25, -0.2) is 0 Å². The van der Waals surface area contributed by atoms with Crippen LogP contribution in [0.25, 0.3) is 0 Å². The molecule has 1 atom stereocenters. The number of likely N-dealkylation sites (tertiary alicyclic amines) is 1. The topological polar surface area (TPSA) is 29.5 Å². The Labute approximate surface area is 125 Å². The molecule has 2 rings (SSSR count). The van der Waals surface area contributed by atoms with E-state index in [9.17, 15) is 4.79 Å². The third-order valence-electron chi connectivity index (χ3n) is 3.70. The van der Waals surface area contributed by atoms with Crippen LogP contribution in [0.15, 0.2) is 30.3 Å². The van der Waals surface area contributed by atoms with E-state index in [2.05, 4.69) is 0 Å². The fourth-order valence-corrected chi connectivity index (χ4v) is 2.90. The number of halogens is 1. The average molecular weight is 296 g/mol. The van der Waals surface area contributed by atoms with Crippen LogP contribution in [0, 0.1) is 0 Å². The van der Waals surface area contributed by atoms with Gasteiger partial charge in [0.1, 0.15) is 5.75 Å². The molecule has 1 aliphatic rings. The van der Waals surface area contributed by atoms with E-state index in [1.165, 1.54) is 12.8 Å². The Morgan fingerprint density at radius 1 is 1.25 bits per heavy atom. The van der Waals surface area contributed by atoms with Crippen molar-refractivity contribution in [2.24, 2.45) is 0 Å². The lowest BCUT2D eigenvalue weighted by molar-refractivity contribution is -0.133. The summed E-state index contributed by atoms with van der Waals surface area (Å²) >= 11 is 6.00. The summed E-state index contributed by atoms with van der Waals surface area (Å²) in [6.45, 7) is 1.26. The van der Waals surface area contributed by atoms with Gasteiger partial charge in [-0.1, -0.05) is 31.0 Å². The quantitative estimate of drug-likeness (QED) is 0.779. The molecule has 1 aromatic rings. The van der Waals surface area contributed by atoms with E-state index in [1.54, 1.807) is 0 Å². The predicted octanol–water partition coefficient (Wildman–Crippen LogP) is 3.47. The first-order valence-electron chi connectivity index (χ1n) is 7.34. The maximum atomic E-state index is 12.3. The van der Waals surface area contributed by atoms with E-state index >= 15 is 0 Å². The number of benzene rings is 1. The molecule has 1 aromatic carbocycles. The SMILES string of the molecule is O=C(CCOc1ccccc1)N1CCCCCC1CCl. The van der Waals surface area contributed by atoms with Crippen molar-refractivity contribution in [1.82, 2.24) is 4.90 Å². The zero-order chi connectivity index (χ0) is 14.2. The van der Waals surface area contributed by atoms with E-state index in [4.69, 9.17) is 16.3 Å². The minimum atomic E-state index is 0.161. The number of nitrogens with zero attached hydrogens (tertiary/aromatic N) is 1. The Kier molecular flexibility index (Phi) is 6.19. The highest BCUT2D eigenvalue weighted by Gasteiger charge is 2.24. The molecule has 1 saturated heterocycles. The van der Waals surface area contributed by atoms with Gasteiger partial charge in [0.05, 0.1) is 13.0 Å². The van der Waals surface area contributed by atoms with E-state index in [0.29, 0.717) is 18.9 Å². The maximum Gasteiger partial charge on any atom is 0.226 e. The number of alkyl halides is 1. The third kappa shape index (κ3) is 4.41. The van der Waals surface area contributed by atoms with Crippen LogP contribution in [0.2, 0.25) is 0 Å². The van der Waals surface area contributed by atoms with Gasteiger partial charge in [0.2, 0.25) is 5.91 Å². The van der Waals surface area contributed by atoms with E-state index in [-0.39, 0.29) is 11.9 Å². The molecule has 0 radical (unpaired) electrons. The number of rotatable bonds is 5. The number of carbonyl (C=O) groups excluding carboxylic acids is 1. The van der Waals surface area contributed by atoms with Gasteiger partial charge in [0.25, 0.3) is 0 Å². The normalized spacial score (nSPS) is 19.4. The molecule has 4 heteroatoms. The van der Waals surface area contributed by atoms with Gasteiger partial charge < -0.3 is 9.64 Å². The second-order valence-corrected chi connectivity index (χ2v) is 5.46. The Morgan fingerprint density at radius 3 is 2.80 bits per heavy atom. The van der Waals surface area contributed by atoms with Gasteiger partial charge >= 0.3 is 0 Å². The average Bonchev–Trinajstić information content (AvgIpc) is 2.73. The van der Waals surface area contributed by atoms with Crippen molar-refractivity contribution in [2.45, 2.75) is 38.1 Å². The van der Waals surface area contributed by atoms with Crippen LogP contribution < -0.4 is 4.74 Å². The van der Waals surface area contributed by atoms with Gasteiger partial charge in [0.15, 0.2) is 0 Å². The number of carbonyl (C=O) groups is 1. The molecule has 0 spiro atoms. The van der Waals surface area contributed by atoms with Crippen molar-refractivity contribution in [3.63, 3.8) is 0 Å². The summed E-state index contributed by atoms with van der Waals surface area (Å²) in [7, 11) is 0. The molecule has 1 unspecified atom stereocenters. The number of ether oxygens (including phenoxy) is 1. The van der Waals surface area contributed by atoms with E-state index in [1.807, 2.05) is 35.2 Å². The third-order valence-corrected chi connectivity index (χ3v) is 4.06. The fourth-order valence-electron chi connectivity index (χ4n) is 2.58. The smallest absolute Gasteiger partial charge is 0.226 e. The van der Waals surface area contributed by atoms with E-state index < -0.39 is 0 Å². The first-order chi connectivity index (χ1) is 9.81. The summed E-state index contributed by atoms with van der Waals surface area (Å²) in [4.78, 5) is 14.3. The van der Waals surface area contributed by atoms with Crippen LogP contribution in [0.1, 0.15) is 32.1 Å². The number of hydrogen-bond acceptors (Lipinski definition) is 2. The Morgan fingerprint density at radius 2 is 2.05 bits per heavy atom. The second kappa shape index (κ2) is 8.15. The lowest BCUT2D eigenvalue weighted by atomic mass is 10.1. The van der Waals surface area contributed by atoms with Gasteiger partial charge in [0, 0.05) is 18.5 Å². The fraction of sp³-hybridized carbons (Fsp3) is 0.562. The summed E-state index contributed by atoms with van der Waals surface area (Å²) < 4.78 is 5.59. The minimum Gasteiger partial charge on any atom is -0.493 e. The van der Waals surface area contributed by atoms with Gasteiger partial charge in [-0.15, -0.1) is 11.6 Å². The first kappa shape index (κ1) is 15.2. The van der Waals surface area contributed by atoms with Crippen molar-refractivity contribution in [2.75, 3.05) is 19.0 Å². The Bertz CT molecular complexity index is 410. The zero-order valence-corrected chi connectivity index (χ0v) is 12.5. The van der Waals surface area contributed by atoms with Crippen molar-refractivity contribution in [3.8, 4) is 5.75 Å². The Balaban J connectivity index is 1.80. The molecule has 0 aromatic heterocycles.